The topological polar surface area (TPSA) is 47.3 Å². The lowest BCUT2D eigenvalue weighted by Crippen LogP contribution is -2.25. The minimum atomic E-state index is -0.951. The zero-order chi connectivity index (χ0) is 19.6. The minimum absolute atomic E-state index is 0. The first-order chi connectivity index (χ1) is 12.9. The van der Waals surface area contributed by atoms with E-state index < -0.39 is 23.5 Å². The maximum atomic E-state index is 13.9. The van der Waals surface area contributed by atoms with Crippen LogP contribution in [0.3, 0.4) is 0 Å². The van der Waals surface area contributed by atoms with Crippen LogP contribution in [-0.2, 0) is 6.54 Å². The standard InChI is InChI=1S/C20H21BrF2N2O2.ClH/c1-3-12(2)20-24-17-6-4-5-7-18(17)25(20)10-14(26)11-27-19-15(22)8-13(21)9-16(19)23;/h4-9,12,14,26H,3,10-11H2,1-2H3;1H. The molecule has 3 aromatic rings. The van der Waals surface area contributed by atoms with Crippen molar-refractivity contribution in [1.82, 2.24) is 9.55 Å². The van der Waals surface area contributed by atoms with Crippen LogP contribution in [0.2, 0.25) is 0 Å². The molecule has 0 aliphatic carbocycles. The number of hydrogen-bond acceptors (Lipinski definition) is 3. The van der Waals surface area contributed by atoms with Gasteiger partial charge in [0.1, 0.15) is 18.5 Å². The summed E-state index contributed by atoms with van der Waals surface area (Å²) in [5, 5.41) is 10.4. The summed E-state index contributed by atoms with van der Waals surface area (Å²) < 4.78 is 35.2. The van der Waals surface area contributed by atoms with Crippen molar-refractivity contribution in [2.24, 2.45) is 0 Å². The summed E-state index contributed by atoms with van der Waals surface area (Å²) in [6, 6.07) is 9.93. The predicted molar refractivity (Wildman–Crippen MR) is 111 cm³/mol. The number of aliphatic hydroxyl groups excluding tert-OH is 1. The summed E-state index contributed by atoms with van der Waals surface area (Å²) in [6.07, 6.45) is -0.0431. The summed E-state index contributed by atoms with van der Waals surface area (Å²) in [5.41, 5.74) is 1.76. The molecule has 1 aromatic heterocycles. The summed E-state index contributed by atoms with van der Waals surface area (Å²) in [4.78, 5) is 4.68. The first-order valence-electron chi connectivity index (χ1n) is 8.81. The van der Waals surface area contributed by atoms with Crippen LogP contribution in [-0.4, -0.2) is 27.4 Å². The van der Waals surface area contributed by atoms with Gasteiger partial charge in [-0.05, 0) is 30.7 Å². The van der Waals surface area contributed by atoms with Crippen molar-refractivity contribution in [2.75, 3.05) is 6.61 Å². The highest BCUT2D eigenvalue weighted by molar-refractivity contribution is 9.10. The van der Waals surface area contributed by atoms with Crippen LogP contribution in [0.25, 0.3) is 11.0 Å². The number of imidazole rings is 1. The van der Waals surface area contributed by atoms with Crippen LogP contribution in [0.4, 0.5) is 8.78 Å². The maximum Gasteiger partial charge on any atom is 0.190 e. The van der Waals surface area contributed by atoms with E-state index in [-0.39, 0.29) is 35.9 Å². The molecule has 2 atom stereocenters. The molecule has 8 heteroatoms. The van der Waals surface area contributed by atoms with Gasteiger partial charge in [0.2, 0.25) is 0 Å². The van der Waals surface area contributed by atoms with Crippen LogP contribution < -0.4 is 4.74 Å². The second kappa shape index (κ2) is 9.67. The molecule has 0 saturated heterocycles. The Morgan fingerprint density at radius 1 is 1.21 bits per heavy atom. The van der Waals surface area contributed by atoms with Crippen molar-refractivity contribution in [3.63, 3.8) is 0 Å². The molecule has 0 bridgehead atoms. The molecule has 0 aliphatic rings. The van der Waals surface area contributed by atoms with Gasteiger partial charge in [-0.25, -0.2) is 13.8 Å². The summed E-state index contributed by atoms with van der Waals surface area (Å²) in [5.74, 6) is -1.04. The fourth-order valence-corrected chi connectivity index (χ4v) is 3.36. The number of aromatic nitrogens is 2. The van der Waals surface area contributed by atoms with Gasteiger partial charge in [-0.2, -0.15) is 0 Å². The van der Waals surface area contributed by atoms with E-state index in [1.807, 2.05) is 28.8 Å². The van der Waals surface area contributed by atoms with E-state index >= 15 is 0 Å². The van der Waals surface area contributed by atoms with Crippen molar-refractivity contribution in [1.29, 1.82) is 0 Å². The minimum Gasteiger partial charge on any atom is -0.485 e. The molecule has 152 valence electrons. The van der Waals surface area contributed by atoms with E-state index in [1.165, 1.54) is 0 Å². The van der Waals surface area contributed by atoms with Gasteiger partial charge >= 0.3 is 0 Å². The van der Waals surface area contributed by atoms with Crippen LogP contribution in [0.5, 0.6) is 5.75 Å². The highest BCUT2D eigenvalue weighted by atomic mass is 79.9. The summed E-state index contributed by atoms with van der Waals surface area (Å²) in [7, 11) is 0. The fourth-order valence-electron chi connectivity index (χ4n) is 2.95. The molecular formula is C20H22BrClF2N2O2. The van der Waals surface area contributed by atoms with E-state index in [2.05, 4.69) is 34.8 Å². The normalized spacial score (nSPS) is 13.2. The molecule has 28 heavy (non-hydrogen) atoms. The van der Waals surface area contributed by atoms with E-state index in [4.69, 9.17) is 4.74 Å². The van der Waals surface area contributed by atoms with Gasteiger partial charge in [0.05, 0.1) is 17.6 Å². The molecule has 2 unspecified atom stereocenters. The number of fused-ring (bicyclic) bond motifs is 1. The van der Waals surface area contributed by atoms with Gasteiger partial charge in [0, 0.05) is 10.4 Å². The molecule has 0 spiro atoms. The Kier molecular flexibility index (Phi) is 7.80. The van der Waals surface area contributed by atoms with Crippen molar-refractivity contribution >= 4 is 39.4 Å². The molecule has 0 fully saturated rings. The SMILES string of the molecule is CCC(C)c1nc2ccccc2n1CC(O)COc1c(F)cc(Br)cc1F.Cl. The van der Waals surface area contributed by atoms with Crippen molar-refractivity contribution in [2.45, 2.75) is 38.8 Å². The third-order valence-electron chi connectivity index (χ3n) is 4.51. The van der Waals surface area contributed by atoms with Gasteiger partial charge in [0.25, 0.3) is 0 Å². The number of nitrogens with zero attached hydrogens (tertiary/aromatic N) is 2. The molecule has 3 rings (SSSR count). The van der Waals surface area contributed by atoms with Crippen LogP contribution >= 0.6 is 28.3 Å². The summed E-state index contributed by atoms with van der Waals surface area (Å²) >= 11 is 3.02. The van der Waals surface area contributed by atoms with Crippen molar-refractivity contribution < 1.29 is 18.6 Å². The van der Waals surface area contributed by atoms with Gasteiger partial charge in [-0.3, -0.25) is 0 Å². The maximum absolute atomic E-state index is 13.9. The number of para-hydroxylation sites is 2. The van der Waals surface area contributed by atoms with E-state index in [0.717, 1.165) is 35.4 Å². The highest BCUT2D eigenvalue weighted by Crippen LogP contribution is 2.27. The molecule has 0 aliphatic heterocycles. The number of aliphatic hydroxyl groups is 1. The first kappa shape index (κ1) is 22.6. The zero-order valence-electron chi connectivity index (χ0n) is 15.5. The molecule has 4 nitrogen and oxygen atoms in total. The average Bonchev–Trinajstić information content (AvgIpc) is 2.98. The molecule has 0 amide bonds. The highest BCUT2D eigenvalue weighted by Gasteiger charge is 2.19. The van der Waals surface area contributed by atoms with Gasteiger partial charge < -0.3 is 14.4 Å². The lowest BCUT2D eigenvalue weighted by molar-refractivity contribution is 0.0882. The Balaban J connectivity index is 0.00000280. The van der Waals surface area contributed by atoms with Crippen LogP contribution in [0, 0.1) is 11.6 Å². The monoisotopic (exact) mass is 474 g/mol. The Morgan fingerprint density at radius 3 is 2.50 bits per heavy atom. The largest absolute Gasteiger partial charge is 0.485 e. The first-order valence-corrected chi connectivity index (χ1v) is 9.60. The van der Waals surface area contributed by atoms with Crippen molar-refractivity contribution in [3.05, 3.63) is 58.3 Å². The molecule has 1 heterocycles. The van der Waals surface area contributed by atoms with Crippen LogP contribution in [0.1, 0.15) is 32.0 Å². The molecule has 0 radical (unpaired) electrons. The molecule has 0 saturated carbocycles. The molecule has 2 aromatic carbocycles. The number of ether oxygens (including phenoxy) is 1. The number of hydrogen-bond donors (Lipinski definition) is 1. The van der Waals surface area contributed by atoms with Gasteiger partial charge in [-0.15, -0.1) is 12.4 Å². The molecule has 1 N–H and O–H groups in total. The Labute approximate surface area is 177 Å². The van der Waals surface area contributed by atoms with E-state index in [9.17, 15) is 13.9 Å². The fraction of sp³-hybridized carbons (Fsp3) is 0.350. The summed E-state index contributed by atoms with van der Waals surface area (Å²) in [6.45, 7) is 4.14. The molecular weight excluding hydrogens is 454 g/mol. The Morgan fingerprint density at radius 2 is 1.86 bits per heavy atom. The second-order valence-electron chi connectivity index (χ2n) is 6.54. The Hall–Kier alpha value is -1.70. The third-order valence-corrected chi connectivity index (χ3v) is 4.97. The number of halogens is 4. The quantitative estimate of drug-likeness (QED) is 0.494. The van der Waals surface area contributed by atoms with E-state index in [1.54, 1.807) is 0 Å². The predicted octanol–water partition coefficient (Wildman–Crippen LogP) is 5.45. The van der Waals surface area contributed by atoms with Gasteiger partial charge in [-0.1, -0.05) is 41.9 Å². The lowest BCUT2D eigenvalue weighted by Gasteiger charge is -2.18. The second-order valence-corrected chi connectivity index (χ2v) is 7.46. The van der Waals surface area contributed by atoms with Gasteiger partial charge in [0.15, 0.2) is 17.4 Å². The third kappa shape index (κ3) is 4.82. The number of benzene rings is 2. The number of rotatable bonds is 7. The zero-order valence-corrected chi connectivity index (χ0v) is 17.9. The smallest absolute Gasteiger partial charge is 0.190 e. The Bertz CT molecular complexity index is 928. The average molecular weight is 476 g/mol. The van der Waals surface area contributed by atoms with Crippen molar-refractivity contribution in [3.8, 4) is 5.75 Å². The van der Waals surface area contributed by atoms with E-state index in [0.29, 0.717) is 0 Å². The van der Waals surface area contributed by atoms with Crippen LogP contribution in [0.15, 0.2) is 40.9 Å². The lowest BCUT2D eigenvalue weighted by atomic mass is 10.1.